The molecule has 1 aromatic carbocycles. The van der Waals surface area contributed by atoms with Gasteiger partial charge in [-0.3, -0.25) is 10.1 Å². The molecule has 11 heteroatoms. The van der Waals surface area contributed by atoms with E-state index in [1.807, 2.05) is 0 Å². The summed E-state index contributed by atoms with van der Waals surface area (Å²) in [4.78, 5) is 35.6. The largest absolute Gasteiger partial charge is 0.454 e. The molecule has 24 heavy (non-hydrogen) atoms. The summed E-state index contributed by atoms with van der Waals surface area (Å²) in [5.74, 6) is -0.284. The maximum Gasteiger partial charge on any atom is 0.340 e. The number of nitro benzene ring substituents is 1. The van der Waals surface area contributed by atoms with Crippen LogP contribution in [0, 0.1) is 10.1 Å². The lowest BCUT2D eigenvalue weighted by Crippen LogP contribution is -2.17. The predicted octanol–water partition coefficient (Wildman–Crippen LogP) is 1.44. The van der Waals surface area contributed by atoms with Gasteiger partial charge in [0.05, 0.1) is 15.5 Å². The van der Waals surface area contributed by atoms with Gasteiger partial charge in [0.2, 0.25) is 11.9 Å². The molecule has 0 fully saturated rings. The number of hydrogen-bond donors (Lipinski definition) is 1. The highest BCUT2D eigenvalue weighted by atomic mass is 35.5. The number of hydrogen-bond acceptors (Lipinski definition) is 9. The molecule has 126 valence electrons. The standard InChI is InChI=1S/C13H13ClN6O4/c1-19(2)13-17-10(16-12(15)18-13)6-24-11(21)8-4-3-7(20(22)23)5-9(8)14/h3-5H,6H2,1-2H3,(H2,15,16,17,18). The van der Waals surface area contributed by atoms with Gasteiger partial charge in [-0.1, -0.05) is 11.6 Å². The first-order chi connectivity index (χ1) is 11.3. The van der Waals surface area contributed by atoms with E-state index < -0.39 is 10.9 Å². The first kappa shape index (κ1) is 17.3. The van der Waals surface area contributed by atoms with Gasteiger partial charge in [0.15, 0.2) is 12.4 Å². The molecule has 0 atom stereocenters. The zero-order chi connectivity index (χ0) is 17.9. The minimum absolute atomic E-state index is 0.00266. The van der Waals surface area contributed by atoms with Crippen LogP contribution in [0.4, 0.5) is 17.6 Å². The van der Waals surface area contributed by atoms with Crippen molar-refractivity contribution in [1.29, 1.82) is 0 Å². The summed E-state index contributed by atoms with van der Waals surface area (Å²) >= 11 is 5.87. The van der Waals surface area contributed by atoms with Gasteiger partial charge in [0, 0.05) is 26.2 Å². The molecule has 10 nitrogen and oxygen atoms in total. The van der Waals surface area contributed by atoms with Crippen LogP contribution in [0.3, 0.4) is 0 Å². The molecule has 0 amide bonds. The zero-order valence-electron chi connectivity index (χ0n) is 12.8. The Morgan fingerprint density at radius 1 is 1.38 bits per heavy atom. The van der Waals surface area contributed by atoms with Crippen LogP contribution in [-0.2, 0) is 11.3 Å². The van der Waals surface area contributed by atoms with Crippen LogP contribution in [0.25, 0.3) is 0 Å². The van der Waals surface area contributed by atoms with E-state index in [4.69, 9.17) is 22.1 Å². The number of nitro groups is 1. The van der Waals surface area contributed by atoms with Gasteiger partial charge in [-0.15, -0.1) is 0 Å². The quantitative estimate of drug-likeness (QED) is 0.481. The number of anilines is 2. The van der Waals surface area contributed by atoms with Crippen molar-refractivity contribution in [1.82, 2.24) is 15.0 Å². The highest BCUT2D eigenvalue weighted by Gasteiger charge is 2.17. The van der Waals surface area contributed by atoms with Crippen molar-refractivity contribution in [2.24, 2.45) is 0 Å². The molecule has 0 saturated heterocycles. The highest BCUT2D eigenvalue weighted by molar-refractivity contribution is 6.33. The number of aromatic nitrogens is 3. The van der Waals surface area contributed by atoms with Gasteiger partial charge < -0.3 is 15.4 Å². The summed E-state index contributed by atoms with van der Waals surface area (Å²) in [6.45, 7) is -0.250. The first-order valence-corrected chi connectivity index (χ1v) is 6.94. The van der Waals surface area contributed by atoms with Crippen LogP contribution >= 0.6 is 11.6 Å². The van der Waals surface area contributed by atoms with E-state index in [9.17, 15) is 14.9 Å². The van der Waals surface area contributed by atoms with E-state index in [0.717, 1.165) is 12.1 Å². The fourth-order valence-corrected chi connectivity index (χ4v) is 1.93. The van der Waals surface area contributed by atoms with Crippen molar-refractivity contribution >= 4 is 35.2 Å². The Morgan fingerprint density at radius 3 is 2.67 bits per heavy atom. The van der Waals surface area contributed by atoms with E-state index in [0.29, 0.717) is 5.95 Å². The number of carbonyl (C=O) groups excluding carboxylic acids is 1. The molecular weight excluding hydrogens is 340 g/mol. The maximum atomic E-state index is 12.0. The van der Waals surface area contributed by atoms with Crippen molar-refractivity contribution in [3.05, 3.63) is 44.7 Å². The monoisotopic (exact) mass is 352 g/mol. The van der Waals surface area contributed by atoms with Crippen molar-refractivity contribution in [2.75, 3.05) is 24.7 Å². The van der Waals surface area contributed by atoms with Crippen molar-refractivity contribution in [3.8, 4) is 0 Å². The molecular formula is C13H13ClN6O4. The van der Waals surface area contributed by atoms with Crippen molar-refractivity contribution in [3.63, 3.8) is 0 Å². The number of benzene rings is 1. The van der Waals surface area contributed by atoms with Crippen molar-refractivity contribution < 1.29 is 14.5 Å². The summed E-state index contributed by atoms with van der Waals surface area (Å²) < 4.78 is 5.06. The number of rotatable bonds is 5. The minimum atomic E-state index is -0.764. The number of ether oxygens (including phenoxy) is 1. The van der Waals surface area contributed by atoms with Gasteiger partial charge in [0.1, 0.15) is 0 Å². The Bertz CT molecular complexity index is 798. The van der Waals surface area contributed by atoms with Gasteiger partial charge in [-0.25, -0.2) is 4.79 Å². The van der Waals surface area contributed by atoms with E-state index in [1.54, 1.807) is 19.0 Å². The number of esters is 1. The lowest BCUT2D eigenvalue weighted by molar-refractivity contribution is -0.384. The summed E-state index contributed by atoms with van der Waals surface area (Å²) in [5.41, 5.74) is 5.34. The Morgan fingerprint density at radius 2 is 2.08 bits per heavy atom. The third-order valence-electron chi connectivity index (χ3n) is 2.80. The van der Waals surface area contributed by atoms with E-state index >= 15 is 0 Å². The Hall–Kier alpha value is -3.01. The summed E-state index contributed by atoms with van der Waals surface area (Å²) in [7, 11) is 3.45. The third-order valence-corrected chi connectivity index (χ3v) is 3.12. The number of carbonyl (C=O) groups is 1. The summed E-state index contributed by atoms with van der Waals surface area (Å²) in [6.07, 6.45) is 0. The number of nitrogen functional groups attached to an aromatic ring is 1. The van der Waals surface area contributed by atoms with Crippen LogP contribution in [0.15, 0.2) is 18.2 Å². The van der Waals surface area contributed by atoms with Gasteiger partial charge in [-0.2, -0.15) is 15.0 Å². The molecule has 0 aliphatic heterocycles. The van der Waals surface area contributed by atoms with Crippen molar-refractivity contribution in [2.45, 2.75) is 6.61 Å². The SMILES string of the molecule is CN(C)c1nc(N)nc(COC(=O)c2ccc([N+](=O)[O-])cc2Cl)n1. The fourth-order valence-electron chi connectivity index (χ4n) is 1.68. The molecule has 2 rings (SSSR count). The third kappa shape index (κ3) is 4.04. The summed E-state index contributed by atoms with van der Waals surface area (Å²) in [6, 6.07) is 3.45. The second-order valence-corrected chi connectivity index (χ2v) is 5.21. The van der Waals surface area contributed by atoms with Gasteiger partial charge >= 0.3 is 5.97 Å². The van der Waals surface area contributed by atoms with Crippen LogP contribution < -0.4 is 10.6 Å². The smallest absolute Gasteiger partial charge is 0.340 e. The fraction of sp³-hybridized carbons (Fsp3) is 0.231. The average Bonchev–Trinajstić information content (AvgIpc) is 2.51. The summed E-state index contributed by atoms with van der Waals surface area (Å²) in [5, 5.41) is 10.6. The maximum absolute atomic E-state index is 12.0. The molecule has 1 heterocycles. The normalized spacial score (nSPS) is 10.3. The Balaban J connectivity index is 2.12. The molecule has 0 spiro atoms. The lowest BCUT2D eigenvalue weighted by Gasteiger charge is -2.11. The zero-order valence-corrected chi connectivity index (χ0v) is 13.5. The van der Waals surface area contributed by atoms with E-state index in [-0.39, 0.29) is 34.7 Å². The van der Waals surface area contributed by atoms with Crippen LogP contribution in [-0.4, -0.2) is 39.9 Å². The molecule has 2 N–H and O–H groups in total. The molecule has 0 unspecified atom stereocenters. The second-order valence-electron chi connectivity index (χ2n) is 4.80. The topological polar surface area (TPSA) is 137 Å². The van der Waals surface area contributed by atoms with E-state index in [2.05, 4.69) is 15.0 Å². The molecule has 0 aliphatic carbocycles. The Kier molecular flexibility index (Phi) is 5.09. The number of nitrogens with two attached hydrogens (primary N) is 1. The number of non-ortho nitro benzene ring substituents is 1. The first-order valence-electron chi connectivity index (χ1n) is 6.56. The van der Waals surface area contributed by atoms with Crippen LogP contribution in [0.2, 0.25) is 5.02 Å². The molecule has 1 aromatic heterocycles. The minimum Gasteiger partial charge on any atom is -0.454 e. The van der Waals surface area contributed by atoms with Gasteiger partial charge in [0.25, 0.3) is 5.69 Å². The lowest BCUT2D eigenvalue weighted by atomic mass is 10.2. The molecule has 0 aliphatic rings. The highest BCUT2D eigenvalue weighted by Crippen LogP contribution is 2.23. The van der Waals surface area contributed by atoms with Crippen LogP contribution in [0.1, 0.15) is 16.2 Å². The molecule has 0 radical (unpaired) electrons. The second kappa shape index (κ2) is 7.04. The number of nitrogens with zero attached hydrogens (tertiary/aromatic N) is 5. The van der Waals surface area contributed by atoms with E-state index in [1.165, 1.54) is 6.07 Å². The predicted molar refractivity (Wildman–Crippen MR) is 85.8 cm³/mol. The Labute approximate surface area is 141 Å². The molecule has 0 saturated carbocycles. The average molecular weight is 353 g/mol. The van der Waals surface area contributed by atoms with Crippen LogP contribution in [0.5, 0.6) is 0 Å². The van der Waals surface area contributed by atoms with Gasteiger partial charge in [-0.05, 0) is 6.07 Å². The number of halogens is 1. The molecule has 2 aromatic rings. The molecule has 0 bridgehead atoms.